The van der Waals surface area contributed by atoms with Gasteiger partial charge in [-0.3, -0.25) is 4.79 Å². The minimum absolute atomic E-state index is 0.0254. The van der Waals surface area contributed by atoms with Crippen molar-refractivity contribution in [2.75, 3.05) is 0 Å². The minimum atomic E-state index is -1.26. The summed E-state index contributed by atoms with van der Waals surface area (Å²) in [5, 5.41) is 18.6. The maximum absolute atomic E-state index is 12.2. The predicted octanol–water partition coefficient (Wildman–Crippen LogP) is 3.01. The topological polar surface area (TPSA) is 127 Å². The Labute approximate surface area is 148 Å². The van der Waals surface area contributed by atoms with Crippen molar-refractivity contribution in [3.63, 3.8) is 0 Å². The molecule has 0 fully saturated rings. The third-order valence-electron chi connectivity index (χ3n) is 2.99. The summed E-state index contributed by atoms with van der Waals surface area (Å²) in [7, 11) is 0. The number of aliphatic hydroxyl groups is 1. The summed E-state index contributed by atoms with van der Waals surface area (Å²) in [6.07, 6.45) is 1.81. The molecule has 0 saturated carbocycles. The maximum atomic E-state index is 12.2. The average molecular weight is 359 g/mol. The summed E-state index contributed by atoms with van der Waals surface area (Å²) >= 11 is 0. The monoisotopic (exact) mass is 359 g/mol. The Morgan fingerprint density at radius 3 is 2.46 bits per heavy atom. The molecule has 8 nitrogen and oxygen atoms in total. The van der Waals surface area contributed by atoms with Gasteiger partial charge < -0.3 is 19.4 Å². The van der Waals surface area contributed by atoms with Gasteiger partial charge in [-0.25, -0.2) is 14.6 Å². The number of esters is 1. The number of aromatic carboxylic acids is 1. The molecule has 0 atom stereocenters. The van der Waals surface area contributed by atoms with E-state index in [0.717, 1.165) is 12.3 Å². The van der Waals surface area contributed by atoms with Crippen LogP contribution in [0.2, 0.25) is 0 Å². The number of carbonyl (C=O) groups is 3. The number of ether oxygens (including phenoxy) is 1. The smallest absolute Gasteiger partial charge is 0.374 e. The third-order valence-corrected chi connectivity index (χ3v) is 2.99. The summed E-state index contributed by atoms with van der Waals surface area (Å²) in [6, 6.07) is 5.97. The van der Waals surface area contributed by atoms with Crippen LogP contribution in [0.4, 0.5) is 0 Å². The number of carboxylic acid groups (broad SMARTS) is 1. The number of rotatable bonds is 5. The van der Waals surface area contributed by atoms with E-state index in [1.807, 2.05) is 0 Å². The van der Waals surface area contributed by atoms with Gasteiger partial charge in [-0.15, -0.1) is 0 Å². The second-order valence-electron chi connectivity index (χ2n) is 6.31. The summed E-state index contributed by atoms with van der Waals surface area (Å²) in [6.45, 7) is 4.89. The molecule has 0 radical (unpaired) electrons. The molecule has 1 heterocycles. The van der Waals surface area contributed by atoms with Crippen LogP contribution in [0.3, 0.4) is 0 Å². The third kappa shape index (κ3) is 4.79. The number of hydrogen-bond acceptors (Lipinski definition) is 7. The first kappa shape index (κ1) is 18.9. The van der Waals surface area contributed by atoms with Crippen molar-refractivity contribution in [2.24, 2.45) is 0 Å². The van der Waals surface area contributed by atoms with Gasteiger partial charge in [0.1, 0.15) is 5.60 Å². The van der Waals surface area contributed by atoms with Gasteiger partial charge in [0.15, 0.2) is 5.78 Å². The van der Waals surface area contributed by atoms with Gasteiger partial charge in [-0.2, -0.15) is 0 Å². The predicted molar refractivity (Wildman–Crippen MR) is 89.8 cm³/mol. The fourth-order valence-electron chi connectivity index (χ4n) is 1.91. The highest BCUT2D eigenvalue weighted by atomic mass is 16.6. The van der Waals surface area contributed by atoms with Gasteiger partial charge >= 0.3 is 11.9 Å². The molecule has 0 saturated heterocycles. The van der Waals surface area contributed by atoms with E-state index in [0.29, 0.717) is 5.56 Å². The van der Waals surface area contributed by atoms with Crippen LogP contribution < -0.4 is 0 Å². The molecule has 0 bridgehead atoms. The van der Waals surface area contributed by atoms with Crippen molar-refractivity contribution < 1.29 is 33.8 Å². The van der Waals surface area contributed by atoms with Crippen molar-refractivity contribution >= 4 is 17.7 Å². The zero-order valence-corrected chi connectivity index (χ0v) is 14.3. The molecule has 1 aromatic carbocycles. The Kier molecular flexibility index (Phi) is 5.25. The summed E-state index contributed by atoms with van der Waals surface area (Å²) in [5.41, 5.74) is -0.296. The van der Waals surface area contributed by atoms with E-state index in [4.69, 9.17) is 14.3 Å². The molecule has 0 unspecified atom stereocenters. The van der Waals surface area contributed by atoms with Crippen LogP contribution in [0, 0.1) is 0 Å². The molecule has 136 valence electrons. The number of carboxylic acids is 1. The second-order valence-corrected chi connectivity index (χ2v) is 6.31. The van der Waals surface area contributed by atoms with Crippen molar-refractivity contribution in [3.05, 3.63) is 53.6 Å². The van der Waals surface area contributed by atoms with Gasteiger partial charge in [0.25, 0.3) is 0 Å². The number of oxazole rings is 1. The van der Waals surface area contributed by atoms with Gasteiger partial charge in [-0.1, -0.05) is 12.1 Å². The zero-order chi connectivity index (χ0) is 19.5. The SMILES string of the molecule is CC(C)(C)OC(=O)C(O)=CC(=O)c1cccc(-c2ncc(C(=O)O)o2)c1. The largest absolute Gasteiger partial charge is 0.502 e. The molecule has 0 spiro atoms. The Morgan fingerprint density at radius 1 is 1.19 bits per heavy atom. The van der Waals surface area contributed by atoms with E-state index in [1.54, 1.807) is 26.8 Å². The molecule has 0 aliphatic rings. The Morgan fingerprint density at radius 2 is 1.88 bits per heavy atom. The lowest BCUT2D eigenvalue weighted by Crippen LogP contribution is -2.25. The number of ketones is 1. The van der Waals surface area contributed by atoms with Gasteiger partial charge in [-0.05, 0) is 32.9 Å². The van der Waals surface area contributed by atoms with Gasteiger partial charge in [0.05, 0.1) is 6.20 Å². The van der Waals surface area contributed by atoms with Crippen LogP contribution in [0.15, 0.2) is 46.7 Å². The van der Waals surface area contributed by atoms with Crippen LogP contribution in [0.1, 0.15) is 41.7 Å². The standard InChI is InChI=1S/C18H17NO7/c1-18(2,3)26-17(24)13(21)8-12(20)10-5-4-6-11(7-10)15-19-9-14(25-15)16(22)23/h4-9,21H,1-3H3,(H,22,23). The van der Waals surface area contributed by atoms with Gasteiger partial charge in [0, 0.05) is 17.2 Å². The molecule has 0 aliphatic carbocycles. The van der Waals surface area contributed by atoms with Crippen LogP contribution >= 0.6 is 0 Å². The normalized spacial score (nSPS) is 11.9. The van der Waals surface area contributed by atoms with E-state index in [9.17, 15) is 19.5 Å². The molecular weight excluding hydrogens is 342 g/mol. The molecule has 0 aliphatic heterocycles. The summed E-state index contributed by atoms with van der Waals surface area (Å²) in [4.78, 5) is 38.6. The Balaban J connectivity index is 2.23. The fraction of sp³-hybridized carbons (Fsp3) is 0.222. The first-order valence-corrected chi connectivity index (χ1v) is 7.55. The number of carbonyl (C=O) groups excluding carboxylic acids is 2. The lowest BCUT2D eigenvalue weighted by molar-refractivity contribution is -0.153. The van der Waals surface area contributed by atoms with E-state index in [1.165, 1.54) is 18.2 Å². The number of allylic oxidation sites excluding steroid dienone is 1. The average Bonchev–Trinajstić information content (AvgIpc) is 3.03. The van der Waals surface area contributed by atoms with Crippen molar-refractivity contribution in [3.8, 4) is 11.5 Å². The van der Waals surface area contributed by atoms with Crippen LogP contribution in [-0.2, 0) is 9.53 Å². The van der Waals surface area contributed by atoms with Crippen molar-refractivity contribution in [2.45, 2.75) is 26.4 Å². The molecule has 0 amide bonds. The number of benzene rings is 1. The van der Waals surface area contributed by atoms with E-state index < -0.39 is 29.1 Å². The molecule has 1 aromatic heterocycles. The second kappa shape index (κ2) is 7.22. The summed E-state index contributed by atoms with van der Waals surface area (Å²) in [5.74, 6) is -4.04. The lowest BCUT2D eigenvalue weighted by atomic mass is 10.1. The number of aliphatic hydroxyl groups excluding tert-OH is 1. The zero-order valence-electron chi connectivity index (χ0n) is 14.3. The highest BCUT2D eigenvalue weighted by molar-refractivity contribution is 6.08. The maximum Gasteiger partial charge on any atom is 0.374 e. The molecular formula is C18H17NO7. The first-order chi connectivity index (χ1) is 12.1. The molecule has 2 N–H and O–H groups in total. The molecule has 2 rings (SSSR count). The van der Waals surface area contributed by atoms with Crippen LogP contribution in [0.5, 0.6) is 0 Å². The van der Waals surface area contributed by atoms with Crippen LogP contribution in [0.25, 0.3) is 11.5 Å². The highest BCUT2D eigenvalue weighted by Gasteiger charge is 2.20. The number of hydrogen-bond donors (Lipinski definition) is 2. The molecule has 26 heavy (non-hydrogen) atoms. The van der Waals surface area contributed by atoms with E-state index in [-0.39, 0.29) is 17.2 Å². The van der Waals surface area contributed by atoms with Gasteiger partial charge in [0.2, 0.25) is 17.4 Å². The van der Waals surface area contributed by atoms with E-state index >= 15 is 0 Å². The summed E-state index contributed by atoms with van der Waals surface area (Å²) < 4.78 is 10.0. The van der Waals surface area contributed by atoms with Crippen molar-refractivity contribution in [1.29, 1.82) is 0 Å². The number of nitrogens with zero attached hydrogens (tertiary/aromatic N) is 1. The quantitative estimate of drug-likeness (QED) is 0.361. The fourth-order valence-corrected chi connectivity index (χ4v) is 1.91. The van der Waals surface area contributed by atoms with Crippen molar-refractivity contribution in [1.82, 2.24) is 4.98 Å². The first-order valence-electron chi connectivity index (χ1n) is 7.55. The Hall–Kier alpha value is -3.42. The van der Waals surface area contributed by atoms with Crippen LogP contribution in [-0.4, -0.2) is 38.5 Å². The van der Waals surface area contributed by atoms with E-state index in [2.05, 4.69) is 4.98 Å². The molecule has 2 aromatic rings. The molecule has 8 heteroatoms. The minimum Gasteiger partial charge on any atom is -0.502 e. The lowest BCUT2D eigenvalue weighted by Gasteiger charge is -2.18. The highest BCUT2D eigenvalue weighted by Crippen LogP contribution is 2.21. The Bertz CT molecular complexity index is 887. The number of aromatic nitrogens is 1.